The van der Waals surface area contributed by atoms with Crippen LogP contribution in [-0.4, -0.2) is 41.2 Å². The van der Waals surface area contributed by atoms with Gasteiger partial charge in [0.05, 0.1) is 12.7 Å². The molecule has 0 fully saturated rings. The largest absolute Gasteiger partial charge is 0.512 e. The Morgan fingerprint density at radius 1 is 1.33 bits per heavy atom. The molecule has 1 aromatic carbocycles. The van der Waals surface area contributed by atoms with Crippen molar-refractivity contribution in [1.29, 1.82) is 0 Å². The summed E-state index contributed by atoms with van der Waals surface area (Å²) in [6.07, 6.45) is 3.38. The van der Waals surface area contributed by atoms with E-state index in [2.05, 4.69) is 9.98 Å². The number of carbonyl (C=O) groups is 2. The molecule has 6 heteroatoms. The molecule has 1 heterocycles. The first-order chi connectivity index (χ1) is 11.4. The molecule has 2 N–H and O–H groups in total. The van der Waals surface area contributed by atoms with Gasteiger partial charge in [0.25, 0.3) is 0 Å². The van der Waals surface area contributed by atoms with Crippen LogP contribution in [0.1, 0.15) is 19.4 Å². The fraction of sp³-hybridized carbons (Fsp3) is 0.278. The third-order valence-electron chi connectivity index (χ3n) is 3.71. The van der Waals surface area contributed by atoms with E-state index in [-0.39, 0.29) is 17.1 Å². The third-order valence-corrected chi connectivity index (χ3v) is 3.71. The minimum absolute atomic E-state index is 0.0721. The van der Waals surface area contributed by atoms with Crippen LogP contribution in [0, 0.1) is 0 Å². The average molecular weight is 328 g/mol. The van der Waals surface area contributed by atoms with Crippen molar-refractivity contribution in [1.82, 2.24) is 4.98 Å². The van der Waals surface area contributed by atoms with Gasteiger partial charge in [-0.25, -0.2) is 4.79 Å². The summed E-state index contributed by atoms with van der Waals surface area (Å²) in [6.45, 7) is 2.73. The highest BCUT2D eigenvalue weighted by atomic mass is 16.5. The molecule has 1 aromatic heterocycles. The number of hydrogen-bond donors (Lipinski definition) is 2. The maximum Gasteiger partial charge on any atom is 0.330 e. The number of rotatable bonds is 6. The summed E-state index contributed by atoms with van der Waals surface area (Å²) in [5, 5.41) is 10.5. The van der Waals surface area contributed by atoms with Gasteiger partial charge < -0.3 is 14.8 Å². The number of nitrogens with one attached hydrogen (secondary N) is 1. The summed E-state index contributed by atoms with van der Waals surface area (Å²) in [7, 11) is 1.29. The Labute approximate surface area is 139 Å². The zero-order valence-corrected chi connectivity index (χ0v) is 13.9. The van der Waals surface area contributed by atoms with Gasteiger partial charge in [0.1, 0.15) is 5.76 Å². The van der Waals surface area contributed by atoms with Crippen LogP contribution in [0.2, 0.25) is 0 Å². The molecule has 0 saturated carbocycles. The van der Waals surface area contributed by atoms with E-state index >= 15 is 0 Å². The fourth-order valence-electron chi connectivity index (χ4n) is 2.45. The maximum atomic E-state index is 12.0. The van der Waals surface area contributed by atoms with Crippen LogP contribution in [0.15, 0.2) is 46.8 Å². The molecule has 0 aliphatic heterocycles. The molecule has 2 aromatic rings. The van der Waals surface area contributed by atoms with Crippen LogP contribution in [0.25, 0.3) is 10.9 Å². The van der Waals surface area contributed by atoms with Gasteiger partial charge in [0, 0.05) is 29.7 Å². The number of esters is 1. The summed E-state index contributed by atoms with van der Waals surface area (Å²) in [5.74, 6) is -0.966. The lowest BCUT2D eigenvalue weighted by molar-refractivity contribution is -0.142. The number of ether oxygens (including phenoxy) is 1. The van der Waals surface area contributed by atoms with E-state index in [0.29, 0.717) is 6.42 Å². The number of ketones is 1. The van der Waals surface area contributed by atoms with E-state index in [9.17, 15) is 14.7 Å². The van der Waals surface area contributed by atoms with Crippen molar-refractivity contribution in [3.63, 3.8) is 0 Å². The number of hydrogen-bond acceptors (Lipinski definition) is 5. The number of nitrogens with zero attached hydrogens (tertiary/aromatic N) is 1. The lowest BCUT2D eigenvalue weighted by atomic mass is 10.1. The molecular formula is C18H20N2O4. The number of methoxy groups -OCH3 is 1. The van der Waals surface area contributed by atoms with Crippen LogP contribution < -0.4 is 0 Å². The summed E-state index contributed by atoms with van der Waals surface area (Å²) in [5.41, 5.74) is 1.96. The molecule has 0 aliphatic carbocycles. The average Bonchev–Trinajstić information content (AvgIpc) is 2.95. The predicted molar refractivity (Wildman–Crippen MR) is 92.3 cm³/mol. The second kappa shape index (κ2) is 7.59. The van der Waals surface area contributed by atoms with Gasteiger partial charge in [0.2, 0.25) is 0 Å². The summed E-state index contributed by atoms with van der Waals surface area (Å²) in [6, 6.07) is 6.94. The lowest BCUT2D eigenvalue weighted by Crippen LogP contribution is -2.23. The highest BCUT2D eigenvalue weighted by Gasteiger charge is 2.20. The van der Waals surface area contributed by atoms with E-state index in [1.165, 1.54) is 27.2 Å². The number of aliphatic hydroxyl groups is 1. The molecule has 0 saturated heterocycles. The fourth-order valence-corrected chi connectivity index (χ4v) is 2.45. The summed E-state index contributed by atoms with van der Waals surface area (Å²) in [4.78, 5) is 30.8. The number of H-pyrrole nitrogens is 1. The Morgan fingerprint density at radius 2 is 2.04 bits per heavy atom. The van der Waals surface area contributed by atoms with Crippen LogP contribution in [0.3, 0.4) is 0 Å². The van der Waals surface area contributed by atoms with Gasteiger partial charge in [0.15, 0.2) is 11.8 Å². The van der Waals surface area contributed by atoms with Crippen molar-refractivity contribution >= 4 is 28.9 Å². The van der Waals surface area contributed by atoms with Gasteiger partial charge in [-0.05, 0) is 25.5 Å². The van der Waals surface area contributed by atoms with E-state index in [1.54, 1.807) is 0 Å². The minimum Gasteiger partial charge on any atom is -0.512 e. The van der Waals surface area contributed by atoms with E-state index < -0.39 is 12.0 Å². The number of allylic oxidation sites excluding steroid dienone is 2. The number of carbonyl (C=O) groups excluding carboxylic acids is 2. The molecular weight excluding hydrogens is 308 g/mol. The zero-order chi connectivity index (χ0) is 17.7. The van der Waals surface area contributed by atoms with Crippen LogP contribution in [0.4, 0.5) is 0 Å². The molecule has 1 atom stereocenters. The van der Waals surface area contributed by atoms with Gasteiger partial charge in [-0.2, -0.15) is 0 Å². The standard InChI is InChI=1S/C18H20N2O4/c1-11(21)15(12(2)22)10-20-17(18(23)24-3)8-13-9-19-16-7-5-4-6-14(13)16/h4-7,9-10,17,19,21H,8H2,1-3H3/b15-11+,20-10?/t17-/m0/s1. The Bertz CT molecular complexity index is 813. The van der Waals surface area contributed by atoms with E-state index in [1.807, 2.05) is 30.5 Å². The highest BCUT2D eigenvalue weighted by molar-refractivity contribution is 6.12. The normalized spacial score (nSPS) is 13.8. The molecule has 2 rings (SSSR count). The van der Waals surface area contributed by atoms with Crippen molar-refractivity contribution in [2.75, 3.05) is 7.11 Å². The number of fused-ring (bicyclic) bond motifs is 1. The number of Topliss-reactive ketones (excluding diaryl/α,β-unsaturated/α-hetero) is 1. The van der Waals surface area contributed by atoms with Crippen molar-refractivity contribution in [2.24, 2.45) is 4.99 Å². The van der Waals surface area contributed by atoms with Crippen molar-refractivity contribution in [3.05, 3.63) is 47.4 Å². The van der Waals surface area contributed by atoms with Crippen molar-refractivity contribution in [2.45, 2.75) is 26.3 Å². The second-order valence-electron chi connectivity index (χ2n) is 5.44. The Kier molecular flexibility index (Phi) is 5.52. The van der Waals surface area contributed by atoms with E-state index in [4.69, 9.17) is 4.74 Å². The highest BCUT2D eigenvalue weighted by Crippen LogP contribution is 2.20. The molecule has 126 valence electrons. The first kappa shape index (κ1) is 17.5. The Morgan fingerprint density at radius 3 is 2.67 bits per heavy atom. The molecule has 0 bridgehead atoms. The van der Waals surface area contributed by atoms with Crippen LogP contribution in [-0.2, 0) is 20.7 Å². The molecule has 24 heavy (non-hydrogen) atoms. The monoisotopic (exact) mass is 328 g/mol. The first-order valence-electron chi connectivity index (χ1n) is 7.50. The maximum absolute atomic E-state index is 12.0. The van der Waals surface area contributed by atoms with Crippen LogP contribution in [0.5, 0.6) is 0 Å². The van der Waals surface area contributed by atoms with Gasteiger partial charge in [-0.1, -0.05) is 18.2 Å². The van der Waals surface area contributed by atoms with Gasteiger partial charge in [-0.3, -0.25) is 9.79 Å². The topological polar surface area (TPSA) is 91.8 Å². The number of aliphatic hydroxyl groups excluding tert-OH is 1. The SMILES string of the molecule is COC(=O)[C@H](Cc1c[nH]c2ccccc12)N=C/C(C(C)=O)=C(/C)O. The predicted octanol–water partition coefficient (Wildman–Crippen LogP) is 2.74. The Balaban J connectivity index is 2.31. The smallest absolute Gasteiger partial charge is 0.330 e. The van der Waals surface area contributed by atoms with E-state index in [0.717, 1.165) is 16.5 Å². The second-order valence-corrected chi connectivity index (χ2v) is 5.44. The number of benzene rings is 1. The van der Waals surface area contributed by atoms with Gasteiger partial charge >= 0.3 is 5.97 Å². The lowest BCUT2D eigenvalue weighted by Gasteiger charge is -2.10. The molecule has 0 spiro atoms. The number of aliphatic imine (C=N–C) groups is 1. The minimum atomic E-state index is -0.803. The summed E-state index contributed by atoms with van der Waals surface area (Å²) < 4.78 is 4.80. The zero-order valence-electron chi connectivity index (χ0n) is 13.9. The molecule has 0 aliphatic rings. The molecule has 0 unspecified atom stereocenters. The molecule has 6 nitrogen and oxygen atoms in total. The Hall–Kier alpha value is -2.89. The number of aromatic amines is 1. The van der Waals surface area contributed by atoms with Crippen molar-refractivity contribution < 1.29 is 19.4 Å². The number of para-hydroxylation sites is 1. The van der Waals surface area contributed by atoms with Crippen molar-refractivity contribution in [3.8, 4) is 0 Å². The van der Waals surface area contributed by atoms with Gasteiger partial charge in [-0.15, -0.1) is 0 Å². The third kappa shape index (κ3) is 3.90. The first-order valence-corrected chi connectivity index (χ1v) is 7.50. The quantitative estimate of drug-likeness (QED) is 0.369. The molecule has 0 amide bonds. The molecule has 0 radical (unpaired) electrons. The number of aromatic nitrogens is 1. The summed E-state index contributed by atoms with van der Waals surface area (Å²) >= 11 is 0. The van der Waals surface area contributed by atoms with Crippen LogP contribution >= 0.6 is 0 Å².